The van der Waals surface area contributed by atoms with Crippen LogP contribution in [0.25, 0.3) is 0 Å². The van der Waals surface area contributed by atoms with Gasteiger partial charge in [0.15, 0.2) is 0 Å². The summed E-state index contributed by atoms with van der Waals surface area (Å²) in [5.74, 6) is -6.24. The molecule has 0 aromatic heterocycles. The van der Waals surface area contributed by atoms with Crippen molar-refractivity contribution in [1.29, 1.82) is 0 Å². The predicted molar refractivity (Wildman–Crippen MR) is 132 cm³/mol. The molecule has 37 heavy (non-hydrogen) atoms. The molecule has 9 N–H and O–H groups in total. The zero-order valence-electron chi connectivity index (χ0n) is 20.8. The first-order valence-electron chi connectivity index (χ1n) is 11.7. The van der Waals surface area contributed by atoms with Crippen LogP contribution in [0.15, 0.2) is 30.3 Å². The lowest BCUT2D eigenvalue weighted by Gasteiger charge is -2.26. The van der Waals surface area contributed by atoms with Gasteiger partial charge in [-0.15, -0.1) is 0 Å². The summed E-state index contributed by atoms with van der Waals surface area (Å²) in [5.41, 5.74) is 12.0. The van der Waals surface area contributed by atoms with Crippen LogP contribution in [-0.4, -0.2) is 69.9 Å². The van der Waals surface area contributed by atoms with Gasteiger partial charge in [-0.2, -0.15) is 0 Å². The highest BCUT2D eigenvalue weighted by Gasteiger charge is 2.31. The van der Waals surface area contributed by atoms with Crippen molar-refractivity contribution in [3.05, 3.63) is 35.9 Å². The van der Waals surface area contributed by atoms with Gasteiger partial charge in [-0.25, -0.2) is 4.79 Å². The van der Waals surface area contributed by atoms with Gasteiger partial charge in [0, 0.05) is 6.42 Å². The van der Waals surface area contributed by atoms with Crippen LogP contribution in [0.3, 0.4) is 0 Å². The molecular formula is C24H35N5O8. The molecule has 4 atom stereocenters. The molecule has 0 radical (unpaired) electrons. The molecule has 13 heteroatoms. The van der Waals surface area contributed by atoms with Crippen molar-refractivity contribution in [3.8, 4) is 0 Å². The average Bonchev–Trinajstić information content (AvgIpc) is 2.80. The van der Waals surface area contributed by atoms with Gasteiger partial charge < -0.3 is 37.6 Å². The number of carboxylic acids is 2. The summed E-state index contributed by atoms with van der Waals surface area (Å²) in [6, 6.07) is 3.82. The van der Waals surface area contributed by atoms with E-state index in [1.54, 1.807) is 12.1 Å². The molecule has 4 amide bonds. The maximum atomic E-state index is 13.1. The number of rotatable bonds is 16. The Balaban J connectivity index is 3.00. The zero-order chi connectivity index (χ0) is 28.1. The Bertz CT molecular complexity index is 969. The minimum atomic E-state index is -1.76. The van der Waals surface area contributed by atoms with Gasteiger partial charge in [0.05, 0.1) is 12.5 Å². The number of hydrogen-bond donors (Lipinski definition) is 7. The molecule has 0 aliphatic rings. The van der Waals surface area contributed by atoms with Gasteiger partial charge in [-0.3, -0.25) is 24.0 Å². The molecule has 0 fully saturated rings. The van der Waals surface area contributed by atoms with Gasteiger partial charge >= 0.3 is 11.9 Å². The largest absolute Gasteiger partial charge is 0.481 e. The van der Waals surface area contributed by atoms with Crippen LogP contribution in [0.1, 0.15) is 45.1 Å². The molecule has 1 aromatic rings. The fraction of sp³-hybridized carbons (Fsp3) is 0.500. The molecular weight excluding hydrogens is 486 g/mol. The van der Waals surface area contributed by atoms with Gasteiger partial charge in [-0.1, -0.05) is 44.2 Å². The third-order valence-electron chi connectivity index (χ3n) is 5.28. The van der Waals surface area contributed by atoms with Crippen LogP contribution in [0, 0.1) is 5.92 Å². The third-order valence-corrected chi connectivity index (χ3v) is 5.28. The Morgan fingerprint density at radius 1 is 0.838 bits per heavy atom. The quantitative estimate of drug-likeness (QED) is 0.139. The Hall–Kier alpha value is -4.00. The van der Waals surface area contributed by atoms with E-state index in [9.17, 15) is 33.9 Å². The number of benzene rings is 1. The molecule has 4 unspecified atom stereocenters. The molecule has 1 aromatic carbocycles. The summed E-state index contributed by atoms with van der Waals surface area (Å²) in [7, 11) is 0. The van der Waals surface area contributed by atoms with Gasteiger partial charge in [0.25, 0.3) is 0 Å². The highest BCUT2D eigenvalue weighted by molar-refractivity contribution is 5.95. The second-order valence-electron chi connectivity index (χ2n) is 9.05. The van der Waals surface area contributed by atoms with Crippen LogP contribution in [0.4, 0.5) is 0 Å². The fourth-order valence-electron chi connectivity index (χ4n) is 3.42. The van der Waals surface area contributed by atoms with Crippen molar-refractivity contribution in [2.24, 2.45) is 17.4 Å². The Labute approximate surface area is 214 Å². The third kappa shape index (κ3) is 12.0. The predicted octanol–water partition coefficient (Wildman–Crippen LogP) is -1.12. The summed E-state index contributed by atoms with van der Waals surface area (Å²) in [6.07, 6.45) is -1.08. The Morgan fingerprint density at radius 2 is 1.38 bits per heavy atom. The maximum Gasteiger partial charge on any atom is 0.326 e. The van der Waals surface area contributed by atoms with Gasteiger partial charge in [0.2, 0.25) is 23.6 Å². The van der Waals surface area contributed by atoms with Crippen LogP contribution < -0.4 is 27.4 Å². The van der Waals surface area contributed by atoms with Crippen molar-refractivity contribution >= 4 is 35.6 Å². The smallest absolute Gasteiger partial charge is 0.326 e. The molecule has 0 aliphatic carbocycles. The molecule has 204 valence electrons. The first-order chi connectivity index (χ1) is 17.3. The molecule has 0 spiro atoms. The van der Waals surface area contributed by atoms with Crippen molar-refractivity contribution in [1.82, 2.24) is 16.0 Å². The SMILES string of the molecule is CC(C)CC(NC(=O)C(N)Cc1ccccc1)C(=O)NC(CCC(N)=O)C(=O)NC(CC(=O)O)C(=O)O. The summed E-state index contributed by atoms with van der Waals surface area (Å²) in [4.78, 5) is 72.1. The van der Waals surface area contributed by atoms with E-state index < -0.39 is 66.2 Å². The summed E-state index contributed by atoms with van der Waals surface area (Å²) < 4.78 is 0. The fourth-order valence-corrected chi connectivity index (χ4v) is 3.42. The molecule has 0 bridgehead atoms. The molecule has 13 nitrogen and oxygen atoms in total. The summed E-state index contributed by atoms with van der Waals surface area (Å²) in [6.45, 7) is 3.63. The number of nitrogens with two attached hydrogens (primary N) is 2. The molecule has 0 aliphatic heterocycles. The van der Waals surface area contributed by atoms with E-state index in [1.165, 1.54) is 0 Å². The normalized spacial score (nSPS) is 14.1. The van der Waals surface area contributed by atoms with Crippen LogP contribution in [-0.2, 0) is 35.2 Å². The van der Waals surface area contributed by atoms with E-state index in [-0.39, 0.29) is 31.6 Å². The average molecular weight is 522 g/mol. The lowest BCUT2D eigenvalue weighted by atomic mass is 10.0. The molecule has 0 saturated heterocycles. The van der Waals surface area contributed by atoms with E-state index in [4.69, 9.17) is 16.6 Å². The minimum absolute atomic E-state index is 0.0498. The number of aliphatic carboxylic acids is 2. The van der Waals surface area contributed by atoms with Crippen molar-refractivity contribution in [3.63, 3.8) is 0 Å². The number of carboxylic acid groups (broad SMARTS) is 2. The standard InChI is InChI=1S/C24H35N5O8/c1-13(2)10-17(28-21(33)15(25)11-14-6-4-3-5-7-14)23(35)27-16(8-9-19(26)30)22(34)29-18(24(36)37)12-20(31)32/h3-7,13,15-18H,8-12,25H2,1-2H3,(H2,26,30)(H,27,35)(H,28,33)(H,29,34)(H,31,32)(H,36,37). The van der Waals surface area contributed by atoms with Crippen LogP contribution >= 0.6 is 0 Å². The lowest BCUT2D eigenvalue weighted by Crippen LogP contribution is -2.57. The number of primary amides is 1. The number of nitrogens with one attached hydrogen (secondary N) is 3. The van der Waals surface area contributed by atoms with E-state index in [1.807, 2.05) is 37.4 Å². The lowest BCUT2D eigenvalue weighted by molar-refractivity contribution is -0.147. The number of carbonyl (C=O) groups excluding carboxylic acids is 4. The molecule has 0 saturated carbocycles. The second kappa shape index (κ2) is 15.2. The van der Waals surface area contributed by atoms with Crippen molar-refractivity contribution in [2.75, 3.05) is 0 Å². The van der Waals surface area contributed by atoms with Crippen LogP contribution in [0.2, 0.25) is 0 Å². The Kier molecular flexibility index (Phi) is 12.7. The van der Waals surface area contributed by atoms with E-state index in [0.29, 0.717) is 0 Å². The second-order valence-corrected chi connectivity index (χ2v) is 9.05. The van der Waals surface area contributed by atoms with E-state index in [2.05, 4.69) is 10.6 Å². The maximum absolute atomic E-state index is 13.1. The van der Waals surface area contributed by atoms with Gasteiger partial charge in [0.1, 0.15) is 18.1 Å². The highest BCUT2D eigenvalue weighted by atomic mass is 16.4. The summed E-state index contributed by atoms with van der Waals surface area (Å²) >= 11 is 0. The first-order valence-corrected chi connectivity index (χ1v) is 11.7. The monoisotopic (exact) mass is 521 g/mol. The first kappa shape index (κ1) is 31.0. The topological polar surface area (TPSA) is 231 Å². The van der Waals surface area contributed by atoms with Crippen molar-refractivity contribution in [2.45, 2.75) is 70.1 Å². The molecule has 0 heterocycles. The van der Waals surface area contributed by atoms with E-state index >= 15 is 0 Å². The highest BCUT2D eigenvalue weighted by Crippen LogP contribution is 2.09. The minimum Gasteiger partial charge on any atom is -0.481 e. The summed E-state index contributed by atoms with van der Waals surface area (Å²) in [5, 5.41) is 25.1. The van der Waals surface area contributed by atoms with Gasteiger partial charge in [-0.05, 0) is 30.7 Å². The van der Waals surface area contributed by atoms with Crippen LogP contribution in [0.5, 0.6) is 0 Å². The zero-order valence-corrected chi connectivity index (χ0v) is 20.8. The van der Waals surface area contributed by atoms with Crippen molar-refractivity contribution < 1.29 is 39.0 Å². The number of amides is 4. The number of carbonyl (C=O) groups is 6. The molecule has 1 rings (SSSR count). The Morgan fingerprint density at radius 3 is 1.89 bits per heavy atom. The number of hydrogen-bond acceptors (Lipinski definition) is 7. The van der Waals surface area contributed by atoms with E-state index in [0.717, 1.165) is 5.56 Å².